The van der Waals surface area contributed by atoms with E-state index >= 15 is 0 Å². The number of hydrazine groups is 2. The average Bonchev–Trinajstić information content (AvgIpc) is 3.41. The van der Waals surface area contributed by atoms with Gasteiger partial charge in [-0.25, -0.2) is 8.42 Å². The van der Waals surface area contributed by atoms with Crippen molar-refractivity contribution >= 4 is 38.9 Å². The Morgan fingerprint density at radius 1 is 0.951 bits per heavy atom. The molecule has 0 saturated carbocycles. The Morgan fingerprint density at radius 2 is 1.66 bits per heavy atom. The summed E-state index contributed by atoms with van der Waals surface area (Å²) in [7, 11) is -2.20. The van der Waals surface area contributed by atoms with Crippen LogP contribution in [0.5, 0.6) is 5.75 Å². The van der Waals surface area contributed by atoms with Crippen molar-refractivity contribution < 1.29 is 22.7 Å². The van der Waals surface area contributed by atoms with Crippen LogP contribution < -0.4 is 36.1 Å². The van der Waals surface area contributed by atoms with Crippen molar-refractivity contribution in [3.63, 3.8) is 0 Å². The fourth-order valence-corrected chi connectivity index (χ4v) is 4.63. The largest absolute Gasteiger partial charge is 0.492 e. The lowest BCUT2D eigenvalue weighted by molar-refractivity contribution is -0.118. The van der Waals surface area contributed by atoms with Crippen LogP contribution in [0.25, 0.3) is 0 Å². The second-order valence-corrected chi connectivity index (χ2v) is 12.3. The fourth-order valence-electron chi connectivity index (χ4n) is 4.08. The molecule has 0 radical (unpaired) electrons. The van der Waals surface area contributed by atoms with Gasteiger partial charge < -0.3 is 15.4 Å². The molecule has 0 aromatic heterocycles. The minimum Gasteiger partial charge on any atom is -0.492 e. The molecule has 0 spiro atoms. The molecule has 1 aliphatic rings. The molecular weight excluding hydrogens is 544 g/mol. The topological polar surface area (TPSA) is 141 Å². The number of nitrogens with one attached hydrogen (secondary N) is 5. The summed E-state index contributed by atoms with van der Waals surface area (Å²) < 4.78 is 32.0. The normalized spacial score (nSPS) is 13.2. The molecular formula is C29H34N6O5S. The number of benzene rings is 3. The summed E-state index contributed by atoms with van der Waals surface area (Å²) in [4.78, 5) is 26.0. The standard InChI is InChI=1S/C29H34N6O5S/c1-29(2,3)21-15-23(26(40-4)24(16-21)33-41(5,38)39)31-27(36)20-12-9-13-22(14-20)35-18-25(32-34-35)28(37)30-17-19-10-7-6-8-11-19/h6-16,18,32-34H,17H2,1-5H3,(H,30,37)(H,31,36). The lowest BCUT2D eigenvalue weighted by atomic mass is 9.86. The number of anilines is 3. The minimum absolute atomic E-state index is 0.187. The van der Waals surface area contributed by atoms with Crippen molar-refractivity contribution in [3.8, 4) is 5.75 Å². The summed E-state index contributed by atoms with van der Waals surface area (Å²) in [6.45, 7) is 6.33. The van der Waals surface area contributed by atoms with Gasteiger partial charge in [-0.05, 0) is 46.9 Å². The molecule has 0 aliphatic carbocycles. The van der Waals surface area contributed by atoms with Crippen LogP contribution in [0.1, 0.15) is 42.3 Å². The number of nitrogens with zero attached hydrogens (tertiary/aromatic N) is 1. The van der Waals surface area contributed by atoms with Gasteiger partial charge in [0.05, 0.1) is 36.6 Å². The summed E-state index contributed by atoms with van der Waals surface area (Å²) in [6.07, 6.45) is 2.64. The molecule has 11 nitrogen and oxygen atoms in total. The second-order valence-electron chi connectivity index (χ2n) is 10.6. The third-order valence-corrected chi connectivity index (χ3v) is 6.79. The maximum atomic E-state index is 13.4. The number of methoxy groups -OCH3 is 1. The minimum atomic E-state index is -3.61. The number of carbonyl (C=O) groups excluding carboxylic acids is 2. The van der Waals surface area contributed by atoms with Crippen LogP contribution in [0.3, 0.4) is 0 Å². The van der Waals surface area contributed by atoms with Gasteiger partial charge in [0.2, 0.25) is 10.0 Å². The molecule has 1 aliphatic heterocycles. The third-order valence-electron chi connectivity index (χ3n) is 6.20. The van der Waals surface area contributed by atoms with E-state index in [-0.39, 0.29) is 22.8 Å². The van der Waals surface area contributed by atoms with Crippen molar-refractivity contribution in [2.24, 2.45) is 0 Å². The van der Waals surface area contributed by atoms with Gasteiger partial charge in [0.25, 0.3) is 11.8 Å². The Bertz CT molecular complexity index is 1580. The molecule has 5 N–H and O–H groups in total. The maximum absolute atomic E-state index is 13.4. The maximum Gasteiger partial charge on any atom is 0.270 e. The molecule has 0 unspecified atom stereocenters. The van der Waals surface area contributed by atoms with Gasteiger partial charge in [-0.1, -0.05) is 57.2 Å². The molecule has 4 rings (SSSR count). The molecule has 0 atom stereocenters. The van der Waals surface area contributed by atoms with Crippen LogP contribution in [-0.4, -0.2) is 33.6 Å². The van der Waals surface area contributed by atoms with E-state index in [0.29, 0.717) is 29.2 Å². The average molecular weight is 579 g/mol. The first-order chi connectivity index (χ1) is 19.3. The lowest BCUT2D eigenvalue weighted by Gasteiger charge is -2.24. The number of hydrogen-bond acceptors (Lipinski definition) is 8. The summed E-state index contributed by atoms with van der Waals surface area (Å²) in [5, 5.41) is 7.31. The Labute approximate surface area is 240 Å². The number of sulfonamides is 1. The quantitative estimate of drug-likeness (QED) is 0.259. The molecule has 3 aromatic rings. The van der Waals surface area contributed by atoms with E-state index in [2.05, 4.69) is 26.3 Å². The smallest absolute Gasteiger partial charge is 0.270 e. The lowest BCUT2D eigenvalue weighted by Crippen LogP contribution is -2.39. The molecule has 0 bridgehead atoms. The van der Waals surface area contributed by atoms with Crippen LogP contribution in [0, 0.1) is 0 Å². The highest BCUT2D eigenvalue weighted by Crippen LogP contribution is 2.39. The number of hydrogen-bond donors (Lipinski definition) is 5. The first kappa shape index (κ1) is 29.4. The summed E-state index contributed by atoms with van der Waals surface area (Å²) in [6, 6.07) is 19.8. The molecule has 0 saturated heterocycles. The Kier molecular flexibility index (Phi) is 8.55. The number of rotatable bonds is 9. The van der Waals surface area contributed by atoms with E-state index in [9.17, 15) is 18.0 Å². The molecule has 41 heavy (non-hydrogen) atoms. The van der Waals surface area contributed by atoms with Crippen LogP contribution >= 0.6 is 0 Å². The van der Waals surface area contributed by atoms with Gasteiger partial charge in [0.1, 0.15) is 5.70 Å². The Morgan fingerprint density at radius 3 is 2.32 bits per heavy atom. The number of ether oxygens (including phenoxy) is 1. The van der Waals surface area contributed by atoms with Crippen molar-refractivity contribution in [2.45, 2.75) is 32.7 Å². The van der Waals surface area contributed by atoms with E-state index in [1.54, 1.807) is 47.6 Å². The zero-order valence-electron chi connectivity index (χ0n) is 23.5. The van der Waals surface area contributed by atoms with Gasteiger partial charge in [-0.15, -0.1) is 5.53 Å². The zero-order chi connectivity index (χ0) is 29.8. The third kappa shape index (κ3) is 7.56. The SMILES string of the molecule is COc1c(NC(=O)c2cccc(N3C=C(C(=O)NCc4ccccc4)NN3)c2)cc(C(C)(C)C)cc1NS(C)(=O)=O. The highest BCUT2D eigenvalue weighted by atomic mass is 32.2. The van der Waals surface area contributed by atoms with E-state index in [0.717, 1.165) is 17.4 Å². The van der Waals surface area contributed by atoms with Crippen LogP contribution in [-0.2, 0) is 26.8 Å². The van der Waals surface area contributed by atoms with Crippen LogP contribution in [0.4, 0.5) is 17.1 Å². The number of carbonyl (C=O) groups is 2. The van der Waals surface area contributed by atoms with Gasteiger partial charge in [-0.3, -0.25) is 24.7 Å². The van der Waals surface area contributed by atoms with E-state index < -0.39 is 15.9 Å². The van der Waals surface area contributed by atoms with E-state index in [1.807, 2.05) is 51.1 Å². The van der Waals surface area contributed by atoms with Crippen LogP contribution in [0.15, 0.2) is 78.6 Å². The van der Waals surface area contributed by atoms with Crippen molar-refractivity contribution in [2.75, 3.05) is 28.4 Å². The molecule has 216 valence electrons. The monoisotopic (exact) mass is 578 g/mol. The first-order valence-electron chi connectivity index (χ1n) is 12.8. The van der Waals surface area contributed by atoms with Gasteiger partial charge >= 0.3 is 0 Å². The van der Waals surface area contributed by atoms with Gasteiger partial charge in [-0.2, -0.15) is 0 Å². The zero-order valence-corrected chi connectivity index (χ0v) is 24.3. The summed E-state index contributed by atoms with van der Waals surface area (Å²) in [5.41, 5.74) is 8.97. The molecule has 0 fully saturated rings. The van der Waals surface area contributed by atoms with Crippen LogP contribution in [0.2, 0.25) is 0 Å². The number of amides is 2. The van der Waals surface area contributed by atoms with E-state index in [4.69, 9.17) is 4.74 Å². The van der Waals surface area contributed by atoms with E-state index in [1.165, 1.54) is 7.11 Å². The molecule has 2 amide bonds. The molecule has 1 heterocycles. The Hall–Kier alpha value is -4.55. The van der Waals surface area contributed by atoms with Gasteiger partial charge in [0.15, 0.2) is 5.75 Å². The first-order valence-corrected chi connectivity index (χ1v) is 14.7. The highest BCUT2D eigenvalue weighted by molar-refractivity contribution is 7.92. The predicted octanol–water partition coefficient (Wildman–Crippen LogP) is 3.60. The summed E-state index contributed by atoms with van der Waals surface area (Å²) in [5.74, 6) is -0.534. The molecule has 12 heteroatoms. The summed E-state index contributed by atoms with van der Waals surface area (Å²) >= 11 is 0. The van der Waals surface area contributed by atoms with Gasteiger partial charge in [0, 0.05) is 12.1 Å². The Balaban J connectivity index is 1.54. The van der Waals surface area contributed by atoms with Crippen molar-refractivity contribution in [1.29, 1.82) is 0 Å². The predicted molar refractivity (Wildman–Crippen MR) is 160 cm³/mol. The highest BCUT2D eigenvalue weighted by Gasteiger charge is 2.23. The van der Waals surface area contributed by atoms with Crippen molar-refractivity contribution in [3.05, 3.63) is 95.3 Å². The second kappa shape index (κ2) is 11.9. The van der Waals surface area contributed by atoms with Crippen molar-refractivity contribution in [1.82, 2.24) is 16.3 Å². The fraction of sp³-hybridized carbons (Fsp3) is 0.241. The molecule has 3 aromatic carbocycles.